The van der Waals surface area contributed by atoms with Crippen LogP contribution < -0.4 is 5.32 Å². The molecule has 6 heteroatoms. The van der Waals surface area contributed by atoms with Crippen molar-refractivity contribution in [2.45, 2.75) is 32.8 Å². The van der Waals surface area contributed by atoms with Crippen LogP contribution in [0.4, 0.5) is 9.18 Å². The van der Waals surface area contributed by atoms with E-state index in [0.29, 0.717) is 18.5 Å². The number of rotatable bonds is 5. The predicted molar refractivity (Wildman–Crippen MR) is 81.2 cm³/mol. The molecule has 1 amide bonds. The molecule has 0 saturated heterocycles. The monoisotopic (exact) mass is 309 g/mol. The van der Waals surface area contributed by atoms with E-state index in [2.05, 4.69) is 5.32 Å². The van der Waals surface area contributed by atoms with Crippen LogP contribution in [0, 0.1) is 5.82 Å². The number of nitrogens with one attached hydrogen (secondary N) is 1. The summed E-state index contributed by atoms with van der Waals surface area (Å²) < 4.78 is 18.5. The maximum atomic E-state index is 13.5. The van der Waals surface area contributed by atoms with E-state index in [4.69, 9.17) is 9.84 Å². The minimum atomic E-state index is -1.30. The number of hydrogen-bond acceptors (Lipinski definition) is 3. The second kappa shape index (κ2) is 7.59. The molecule has 0 aliphatic carbocycles. The van der Waals surface area contributed by atoms with Gasteiger partial charge in [0, 0.05) is 6.54 Å². The van der Waals surface area contributed by atoms with Gasteiger partial charge < -0.3 is 15.2 Å². The van der Waals surface area contributed by atoms with Gasteiger partial charge in [0.1, 0.15) is 11.4 Å². The summed E-state index contributed by atoms with van der Waals surface area (Å²) in [6.45, 7) is 5.73. The zero-order chi connectivity index (χ0) is 16.8. The molecule has 22 heavy (non-hydrogen) atoms. The van der Waals surface area contributed by atoms with Gasteiger partial charge in [-0.1, -0.05) is 18.2 Å². The van der Waals surface area contributed by atoms with E-state index in [-0.39, 0.29) is 5.56 Å². The van der Waals surface area contributed by atoms with E-state index >= 15 is 0 Å². The number of amides is 1. The Labute approximate surface area is 128 Å². The highest BCUT2D eigenvalue weighted by atomic mass is 19.1. The third-order valence-corrected chi connectivity index (χ3v) is 2.51. The Morgan fingerprint density at radius 1 is 1.36 bits per heavy atom. The van der Waals surface area contributed by atoms with Crippen molar-refractivity contribution in [1.29, 1.82) is 0 Å². The van der Waals surface area contributed by atoms with Gasteiger partial charge in [0.15, 0.2) is 0 Å². The van der Waals surface area contributed by atoms with Crippen LogP contribution in [-0.4, -0.2) is 29.3 Å². The number of hydrogen-bond donors (Lipinski definition) is 2. The fourth-order valence-electron chi connectivity index (χ4n) is 1.60. The molecular weight excluding hydrogens is 289 g/mol. The van der Waals surface area contributed by atoms with Gasteiger partial charge in [-0.2, -0.15) is 0 Å². The molecule has 0 fully saturated rings. The van der Waals surface area contributed by atoms with Crippen molar-refractivity contribution >= 4 is 18.1 Å². The zero-order valence-electron chi connectivity index (χ0n) is 12.9. The smallest absolute Gasteiger partial charge is 0.407 e. The fourth-order valence-corrected chi connectivity index (χ4v) is 1.60. The lowest BCUT2D eigenvalue weighted by atomic mass is 10.1. The first kappa shape index (κ1) is 17.7. The Bertz CT molecular complexity index is 576. The number of carboxylic acid groups (broad SMARTS) is 1. The average molecular weight is 309 g/mol. The maximum Gasteiger partial charge on any atom is 0.407 e. The molecule has 0 aromatic heterocycles. The summed E-state index contributed by atoms with van der Waals surface area (Å²) >= 11 is 0. The topological polar surface area (TPSA) is 75.6 Å². The third-order valence-electron chi connectivity index (χ3n) is 2.51. The first-order chi connectivity index (χ1) is 10.2. The molecule has 1 rings (SSSR count). The molecule has 2 N–H and O–H groups in total. The highest BCUT2D eigenvalue weighted by molar-refractivity contribution is 5.88. The van der Waals surface area contributed by atoms with Crippen molar-refractivity contribution in [1.82, 2.24) is 5.32 Å². The van der Waals surface area contributed by atoms with Crippen molar-refractivity contribution < 1.29 is 23.8 Å². The Balaban J connectivity index is 2.42. The summed E-state index contributed by atoms with van der Waals surface area (Å²) in [5.74, 6) is -2.07. The number of carboxylic acids is 1. The van der Waals surface area contributed by atoms with Gasteiger partial charge in [-0.15, -0.1) is 0 Å². The Hall–Kier alpha value is -2.37. The van der Waals surface area contributed by atoms with E-state index in [1.807, 2.05) is 0 Å². The van der Waals surface area contributed by atoms with Crippen LogP contribution in [0.5, 0.6) is 0 Å². The Morgan fingerprint density at radius 2 is 2.05 bits per heavy atom. The molecule has 0 aliphatic heterocycles. The number of carbonyl (C=O) groups is 2. The molecule has 0 heterocycles. The van der Waals surface area contributed by atoms with Crippen molar-refractivity contribution in [3.8, 4) is 0 Å². The van der Waals surface area contributed by atoms with Gasteiger partial charge in [-0.25, -0.2) is 14.0 Å². The first-order valence-electron chi connectivity index (χ1n) is 6.85. The second-order valence-electron chi connectivity index (χ2n) is 5.66. The van der Waals surface area contributed by atoms with E-state index in [1.54, 1.807) is 32.9 Å². The number of halogens is 1. The average Bonchev–Trinajstić information content (AvgIpc) is 2.35. The molecule has 0 unspecified atom stereocenters. The SMILES string of the molecule is CC(C)(C)OC(=O)NCCC=Cc1ccc(C(=O)O)c(F)c1. The van der Waals surface area contributed by atoms with Gasteiger partial charge >= 0.3 is 12.1 Å². The highest BCUT2D eigenvalue weighted by Crippen LogP contribution is 2.12. The van der Waals surface area contributed by atoms with E-state index < -0.39 is 23.5 Å². The van der Waals surface area contributed by atoms with Crippen molar-refractivity contribution in [3.63, 3.8) is 0 Å². The van der Waals surface area contributed by atoms with E-state index in [0.717, 1.165) is 6.07 Å². The lowest BCUT2D eigenvalue weighted by molar-refractivity contribution is 0.0528. The predicted octanol–water partition coefficient (Wildman–Crippen LogP) is 3.45. The van der Waals surface area contributed by atoms with Crippen LogP contribution in [0.25, 0.3) is 6.08 Å². The van der Waals surface area contributed by atoms with Crippen molar-refractivity contribution in [2.75, 3.05) is 6.54 Å². The number of alkyl carbamates (subject to hydrolysis) is 1. The maximum absolute atomic E-state index is 13.5. The highest BCUT2D eigenvalue weighted by Gasteiger charge is 2.15. The van der Waals surface area contributed by atoms with Crippen LogP contribution in [-0.2, 0) is 4.74 Å². The molecule has 0 saturated carbocycles. The van der Waals surface area contributed by atoms with Crippen molar-refractivity contribution in [3.05, 3.63) is 41.2 Å². The molecule has 5 nitrogen and oxygen atoms in total. The second-order valence-corrected chi connectivity index (χ2v) is 5.66. The lowest BCUT2D eigenvalue weighted by Crippen LogP contribution is -2.32. The Kier molecular flexibility index (Phi) is 6.10. The van der Waals surface area contributed by atoms with Gasteiger partial charge in [0.2, 0.25) is 0 Å². The largest absolute Gasteiger partial charge is 0.478 e. The summed E-state index contributed by atoms with van der Waals surface area (Å²) in [5.41, 5.74) is -0.341. The van der Waals surface area contributed by atoms with Gasteiger partial charge in [-0.3, -0.25) is 0 Å². The van der Waals surface area contributed by atoms with E-state index in [9.17, 15) is 14.0 Å². The number of carbonyl (C=O) groups excluding carboxylic acids is 1. The number of aromatic carboxylic acids is 1. The van der Waals surface area contributed by atoms with Crippen LogP contribution in [0.3, 0.4) is 0 Å². The van der Waals surface area contributed by atoms with Crippen molar-refractivity contribution in [2.24, 2.45) is 0 Å². The fraction of sp³-hybridized carbons (Fsp3) is 0.375. The Morgan fingerprint density at radius 3 is 2.59 bits per heavy atom. The van der Waals surface area contributed by atoms with Gasteiger partial charge in [-0.05, 0) is 44.9 Å². The lowest BCUT2D eigenvalue weighted by Gasteiger charge is -2.19. The van der Waals surface area contributed by atoms with Crippen LogP contribution in [0.2, 0.25) is 0 Å². The molecule has 0 radical (unpaired) electrons. The summed E-state index contributed by atoms with van der Waals surface area (Å²) in [4.78, 5) is 22.1. The number of benzene rings is 1. The molecule has 0 aliphatic rings. The summed E-state index contributed by atoms with van der Waals surface area (Å²) in [7, 11) is 0. The standard InChI is InChI=1S/C16H20FNO4/c1-16(2,3)22-15(21)18-9-5-4-6-11-7-8-12(14(19)20)13(17)10-11/h4,6-8,10H,5,9H2,1-3H3,(H,18,21)(H,19,20). The third kappa shape index (κ3) is 6.39. The van der Waals surface area contributed by atoms with Gasteiger partial charge in [0.05, 0.1) is 5.56 Å². The van der Waals surface area contributed by atoms with Crippen LogP contribution >= 0.6 is 0 Å². The normalized spacial score (nSPS) is 11.5. The first-order valence-corrected chi connectivity index (χ1v) is 6.85. The molecule has 0 bridgehead atoms. The molecule has 0 atom stereocenters. The molecule has 1 aromatic carbocycles. The molecule has 1 aromatic rings. The summed E-state index contributed by atoms with van der Waals surface area (Å²) in [6.07, 6.45) is 3.47. The molecule has 120 valence electrons. The molecular formula is C16H20FNO4. The summed E-state index contributed by atoms with van der Waals surface area (Å²) in [6, 6.07) is 3.89. The van der Waals surface area contributed by atoms with Crippen LogP contribution in [0.15, 0.2) is 24.3 Å². The minimum Gasteiger partial charge on any atom is -0.478 e. The quantitative estimate of drug-likeness (QED) is 0.817. The van der Waals surface area contributed by atoms with Crippen LogP contribution in [0.1, 0.15) is 43.1 Å². The van der Waals surface area contributed by atoms with Gasteiger partial charge in [0.25, 0.3) is 0 Å². The molecule has 0 spiro atoms. The number of ether oxygens (including phenoxy) is 1. The van der Waals surface area contributed by atoms with E-state index in [1.165, 1.54) is 12.1 Å². The summed E-state index contributed by atoms with van der Waals surface area (Å²) in [5, 5.41) is 11.3. The minimum absolute atomic E-state index is 0.358. The zero-order valence-corrected chi connectivity index (χ0v) is 12.9.